The normalized spacial score (nSPS) is 19.6. The van der Waals surface area contributed by atoms with Gasteiger partial charge in [-0.15, -0.1) is 0 Å². The molecule has 1 saturated heterocycles. The molecule has 1 heterocycles. The van der Waals surface area contributed by atoms with Gasteiger partial charge in [0, 0.05) is 13.7 Å². The Morgan fingerprint density at radius 1 is 1.41 bits per heavy atom. The summed E-state index contributed by atoms with van der Waals surface area (Å²) in [6, 6.07) is 9.00. The molecule has 1 aliphatic rings. The van der Waals surface area contributed by atoms with Gasteiger partial charge in [0.2, 0.25) is 0 Å². The Morgan fingerprint density at radius 3 is 2.76 bits per heavy atom. The van der Waals surface area contributed by atoms with Crippen molar-refractivity contribution in [1.29, 1.82) is 5.41 Å². The number of amides is 2. The van der Waals surface area contributed by atoms with Gasteiger partial charge in [-0.05, 0) is 5.56 Å². The Balaban J connectivity index is 2.23. The van der Waals surface area contributed by atoms with Gasteiger partial charge in [-0.3, -0.25) is 10.7 Å². The van der Waals surface area contributed by atoms with E-state index in [-0.39, 0.29) is 17.9 Å². The van der Waals surface area contributed by atoms with Crippen LogP contribution in [0, 0.1) is 5.41 Å². The summed E-state index contributed by atoms with van der Waals surface area (Å²) < 4.78 is 4.98. The van der Waals surface area contributed by atoms with Crippen molar-refractivity contribution in [3.63, 3.8) is 0 Å². The monoisotopic (exact) mass is 233 g/mol. The second-order valence-electron chi connectivity index (χ2n) is 3.84. The number of hydrogen-bond donors (Lipinski definition) is 2. The van der Waals surface area contributed by atoms with Gasteiger partial charge >= 0.3 is 6.03 Å². The summed E-state index contributed by atoms with van der Waals surface area (Å²) in [6.07, 6.45) is 0. The molecule has 0 radical (unpaired) electrons. The molecule has 1 aliphatic heterocycles. The predicted octanol–water partition coefficient (Wildman–Crippen LogP) is 1.38. The minimum absolute atomic E-state index is 0.220. The first-order valence-corrected chi connectivity index (χ1v) is 5.44. The van der Waals surface area contributed by atoms with Crippen molar-refractivity contribution in [2.45, 2.75) is 6.04 Å². The fourth-order valence-electron chi connectivity index (χ4n) is 1.93. The maximum absolute atomic E-state index is 11.7. The number of benzene rings is 1. The Bertz CT molecular complexity index is 419. The first kappa shape index (κ1) is 11.6. The van der Waals surface area contributed by atoms with E-state index in [0.29, 0.717) is 13.2 Å². The number of nitrogens with one attached hydrogen (secondary N) is 2. The molecule has 0 aliphatic carbocycles. The van der Waals surface area contributed by atoms with Crippen LogP contribution in [0.2, 0.25) is 0 Å². The zero-order valence-corrected chi connectivity index (χ0v) is 9.64. The molecule has 0 aromatic heterocycles. The zero-order chi connectivity index (χ0) is 12.3. The molecule has 2 amide bonds. The average molecular weight is 233 g/mol. The van der Waals surface area contributed by atoms with E-state index in [2.05, 4.69) is 5.32 Å². The molecule has 17 heavy (non-hydrogen) atoms. The number of ether oxygens (including phenoxy) is 1. The second-order valence-corrected chi connectivity index (χ2v) is 3.84. The number of urea groups is 1. The van der Waals surface area contributed by atoms with Crippen molar-refractivity contribution in [1.82, 2.24) is 10.2 Å². The lowest BCUT2D eigenvalue weighted by atomic mass is 10.1. The Morgan fingerprint density at radius 2 is 2.12 bits per heavy atom. The van der Waals surface area contributed by atoms with Crippen LogP contribution in [0.5, 0.6) is 0 Å². The first-order valence-electron chi connectivity index (χ1n) is 5.44. The van der Waals surface area contributed by atoms with E-state index < -0.39 is 0 Å². The summed E-state index contributed by atoms with van der Waals surface area (Å²) >= 11 is 0. The van der Waals surface area contributed by atoms with Crippen LogP contribution in [0.3, 0.4) is 0 Å². The van der Waals surface area contributed by atoms with E-state index in [1.54, 1.807) is 12.0 Å². The van der Waals surface area contributed by atoms with Crippen molar-refractivity contribution in [2.24, 2.45) is 0 Å². The van der Waals surface area contributed by atoms with E-state index in [4.69, 9.17) is 10.1 Å². The van der Waals surface area contributed by atoms with E-state index in [0.717, 1.165) is 5.56 Å². The number of hydrogen-bond acceptors (Lipinski definition) is 3. The third-order valence-electron chi connectivity index (χ3n) is 2.74. The fourth-order valence-corrected chi connectivity index (χ4v) is 1.93. The maximum atomic E-state index is 11.7. The molecule has 1 atom stereocenters. The van der Waals surface area contributed by atoms with Crippen molar-refractivity contribution < 1.29 is 9.53 Å². The van der Waals surface area contributed by atoms with Crippen LogP contribution in [0.25, 0.3) is 0 Å². The molecular weight excluding hydrogens is 218 g/mol. The maximum Gasteiger partial charge on any atom is 0.323 e. The van der Waals surface area contributed by atoms with Gasteiger partial charge in [-0.2, -0.15) is 0 Å². The van der Waals surface area contributed by atoms with Gasteiger partial charge in [-0.1, -0.05) is 30.3 Å². The standard InChI is InChI=1S/C12H15N3O2/c1-17-8-7-15-10(11(13)14-12(15)16)9-5-3-2-4-6-9/h2-6,10H,7-8H2,1H3,(H2,13,14,16). The lowest BCUT2D eigenvalue weighted by Crippen LogP contribution is -2.32. The summed E-state index contributed by atoms with van der Waals surface area (Å²) in [5.74, 6) is 0.220. The molecule has 2 N–H and O–H groups in total. The van der Waals surface area contributed by atoms with Crippen LogP contribution in [-0.4, -0.2) is 37.0 Å². The highest BCUT2D eigenvalue weighted by Gasteiger charge is 2.36. The topological polar surface area (TPSA) is 65.4 Å². The number of nitrogens with zero attached hydrogens (tertiary/aromatic N) is 1. The second kappa shape index (κ2) is 4.97. The summed E-state index contributed by atoms with van der Waals surface area (Å²) in [5.41, 5.74) is 0.937. The molecule has 2 rings (SSSR count). The number of amidine groups is 1. The summed E-state index contributed by atoms with van der Waals surface area (Å²) in [5, 5.41) is 10.4. The van der Waals surface area contributed by atoms with Crippen LogP contribution in [0.1, 0.15) is 11.6 Å². The molecule has 5 nitrogen and oxygen atoms in total. The summed E-state index contributed by atoms with van der Waals surface area (Å²) in [4.78, 5) is 13.3. The number of methoxy groups -OCH3 is 1. The van der Waals surface area contributed by atoms with Crippen LogP contribution < -0.4 is 5.32 Å². The molecule has 1 fully saturated rings. The average Bonchev–Trinajstić information content (AvgIpc) is 2.62. The number of carbonyl (C=O) groups is 1. The Labute approximate surface area is 99.9 Å². The molecule has 0 spiro atoms. The van der Waals surface area contributed by atoms with Crippen LogP contribution in [0.4, 0.5) is 4.79 Å². The minimum Gasteiger partial charge on any atom is -0.383 e. The van der Waals surface area contributed by atoms with E-state index in [1.165, 1.54) is 0 Å². The quantitative estimate of drug-likeness (QED) is 0.825. The van der Waals surface area contributed by atoms with Crippen molar-refractivity contribution in [3.05, 3.63) is 35.9 Å². The van der Waals surface area contributed by atoms with E-state index >= 15 is 0 Å². The highest BCUT2D eigenvalue weighted by Crippen LogP contribution is 2.25. The van der Waals surface area contributed by atoms with E-state index in [1.807, 2.05) is 30.3 Å². The van der Waals surface area contributed by atoms with E-state index in [9.17, 15) is 4.79 Å². The summed E-state index contributed by atoms with van der Waals surface area (Å²) in [7, 11) is 1.59. The largest absolute Gasteiger partial charge is 0.383 e. The summed E-state index contributed by atoms with van der Waals surface area (Å²) in [6.45, 7) is 0.939. The van der Waals surface area contributed by atoms with Crippen molar-refractivity contribution in [3.8, 4) is 0 Å². The Kier molecular flexibility index (Phi) is 3.39. The molecule has 1 aromatic rings. The SMILES string of the molecule is COCCN1C(=O)NC(=N)C1c1ccccc1. The molecular formula is C12H15N3O2. The van der Waals surface area contributed by atoms with Gasteiger partial charge in [0.15, 0.2) is 0 Å². The van der Waals surface area contributed by atoms with Crippen LogP contribution in [0.15, 0.2) is 30.3 Å². The fraction of sp³-hybridized carbons (Fsp3) is 0.333. The molecule has 1 unspecified atom stereocenters. The number of rotatable bonds is 4. The third kappa shape index (κ3) is 2.29. The number of carbonyl (C=O) groups excluding carboxylic acids is 1. The van der Waals surface area contributed by atoms with Crippen LogP contribution >= 0.6 is 0 Å². The predicted molar refractivity (Wildman–Crippen MR) is 64.0 cm³/mol. The van der Waals surface area contributed by atoms with Gasteiger partial charge in [0.1, 0.15) is 11.9 Å². The minimum atomic E-state index is -0.321. The molecule has 5 heteroatoms. The van der Waals surface area contributed by atoms with Crippen LogP contribution in [-0.2, 0) is 4.74 Å². The first-order chi connectivity index (χ1) is 8.24. The smallest absolute Gasteiger partial charge is 0.323 e. The molecule has 90 valence electrons. The van der Waals surface area contributed by atoms with Crippen molar-refractivity contribution in [2.75, 3.05) is 20.3 Å². The van der Waals surface area contributed by atoms with Gasteiger partial charge in [-0.25, -0.2) is 4.79 Å². The van der Waals surface area contributed by atoms with Gasteiger partial charge in [0.05, 0.1) is 6.61 Å². The Hall–Kier alpha value is -1.88. The van der Waals surface area contributed by atoms with Crippen molar-refractivity contribution >= 4 is 11.9 Å². The highest BCUT2D eigenvalue weighted by atomic mass is 16.5. The molecule has 0 saturated carbocycles. The highest BCUT2D eigenvalue weighted by molar-refractivity contribution is 6.05. The molecule has 1 aromatic carbocycles. The third-order valence-corrected chi connectivity index (χ3v) is 2.74. The van der Waals surface area contributed by atoms with Gasteiger partial charge < -0.3 is 9.64 Å². The molecule has 0 bridgehead atoms. The lowest BCUT2D eigenvalue weighted by Gasteiger charge is -2.22. The zero-order valence-electron chi connectivity index (χ0n) is 9.64. The van der Waals surface area contributed by atoms with Gasteiger partial charge in [0.25, 0.3) is 0 Å². The lowest BCUT2D eigenvalue weighted by molar-refractivity contribution is 0.151.